The van der Waals surface area contributed by atoms with Gasteiger partial charge in [0, 0.05) is 17.8 Å². The monoisotopic (exact) mass is 286 g/mol. The molecule has 2 rings (SSSR count). The zero-order valence-electron chi connectivity index (χ0n) is 11.4. The standard InChI is InChI=1S/C16H18N2OS/c1-11-3-2-4-14(16(17)20)15(11)18-10-9-12-5-7-13(19)8-6-12/h2-8,18-19H,9-10H2,1H3,(H2,17,20). The Morgan fingerprint density at radius 1 is 1.20 bits per heavy atom. The van der Waals surface area contributed by atoms with E-state index in [1.54, 1.807) is 12.1 Å². The maximum absolute atomic E-state index is 9.25. The van der Waals surface area contributed by atoms with Crippen molar-refractivity contribution in [3.05, 3.63) is 59.2 Å². The summed E-state index contributed by atoms with van der Waals surface area (Å²) < 4.78 is 0. The van der Waals surface area contributed by atoms with Gasteiger partial charge < -0.3 is 16.2 Å². The Morgan fingerprint density at radius 3 is 2.55 bits per heavy atom. The van der Waals surface area contributed by atoms with Gasteiger partial charge in [-0.1, -0.05) is 36.5 Å². The van der Waals surface area contributed by atoms with Crippen LogP contribution >= 0.6 is 12.2 Å². The number of aryl methyl sites for hydroxylation is 1. The Hall–Kier alpha value is -2.07. The summed E-state index contributed by atoms with van der Waals surface area (Å²) in [6, 6.07) is 13.2. The van der Waals surface area contributed by atoms with E-state index >= 15 is 0 Å². The lowest BCUT2D eigenvalue weighted by Gasteiger charge is -2.14. The van der Waals surface area contributed by atoms with Crippen LogP contribution in [0.2, 0.25) is 0 Å². The van der Waals surface area contributed by atoms with E-state index in [9.17, 15) is 5.11 Å². The molecule has 0 saturated carbocycles. The van der Waals surface area contributed by atoms with Crippen LogP contribution < -0.4 is 11.1 Å². The highest BCUT2D eigenvalue weighted by molar-refractivity contribution is 7.80. The summed E-state index contributed by atoms with van der Waals surface area (Å²) in [5.41, 5.74) is 9.92. The molecule has 4 N–H and O–H groups in total. The molecule has 0 amide bonds. The third-order valence-corrected chi connectivity index (χ3v) is 3.41. The van der Waals surface area contributed by atoms with Crippen molar-refractivity contribution in [2.45, 2.75) is 13.3 Å². The summed E-state index contributed by atoms with van der Waals surface area (Å²) in [7, 11) is 0. The van der Waals surface area contributed by atoms with Crippen molar-refractivity contribution in [1.29, 1.82) is 0 Å². The smallest absolute Gasteiger partial charge is 0.115 e. The van der Waals surface area contributed by atoms with E-state index in [2.05, 4.69) is 5.32 Å². The molecule has 0 saturated heterocycles. The maximum Gasteiger partial charge on any atom is 0.115 e. The minimum absolute atomic E-state index is 0.288. The van der Waals surface area contributed by atoms with Gasteiger partial charge in [0.05, 0.1) is 0 Å². The molecule has 0 heterocycles. The first-order valence-corrected chi connectivity index (χ1v) is 6.90. The van der Waals surface area contributed by atoms with Crippen LogP contribution in [-0.4, -0.2) is 16.6 Å². The molecule has 0 bridgehead atoms. The van der Waals surface area contributed by atoms with Crippen LogP contribution in [0.1, 0.15) is 16.7 Å². The van der Waals surface area contributed by atoms with Crippen LogP contribution in [-0.2, 0) is 6.42 Å². The van der Waals surface area contributed by atoms with Crippen LogP contribution in [0.5, 0.6) is 5.75 Å². The van der Waals surface area contributed by atoms with E-state index in [0.29, 0.717) is 4.99 Å². The number of para-hydroxylation sites is 1. The molecule has 0 aliphatic rings. The maximum atomic E-state index is 9.25. The summed E-state index contributed by atoms with van der Waals surface area (Å²) in [4.78, 5) is 0.404. The van der Waals surface area contributed by atoms with Crippen molar-refractivity contribution >= 4 is 22.9 Å². The topological polar surface area (TPSA) is 58.3 Å². The number of rotatable bonds is 5. The molecule has 0 aromatic heterocycles. The number of thiocarbonyl (C=S) groups is 1. The summed E-state index contributed by atoms with van der Waals surface area (Å²) >= 11 is 5.08. The number of phenols is 1. The number of phenolic OH excluding ortho intramolecular Hbond substituents is 1. The van der Waals surface area contributed by atoms with Crippen LogP contribution in [0.25, 0.3) is 0 Å². The number of hydrogen-bond donors (Lipinski definition) is 3. The Morgan fingerprint density at radius 2 is 1.90 bits per heavy atom. The van der Waals surface area contributed by atoms with Crippen molar-refractivity contribution in [3.8, 4) is 5.75 Å². The molecule has 0 fully saturated rings. The Bertz CT molecular complexity index is 608. The number of nitrogens with one attached hydrogen (secondary N) is 1. The van der Waals surface area contributed by atoms with E-state index in [4.69, 9.17) is 18.0 Å². The molecule has 20 heavy (non-hydrogen) atoms. The molecule has 0 unspecified atom stereocenters. The fraction of sp³-hybridized carbons (Fsp3) is 0.188. The van der Waals surface area contributed by atoms with E-state index in [1.807, 2.05) is 37.3 Å². The average molecular weight is 286 g/mol. The van der Waals surface area contributed by atoms with Gasteiger partial charge >= 0.3 is 0 Å². The number of anilines is 1. The van der Waals surface area contributed by atoms with Crippen molar-refractivity contribution in [3.63, 3.8) is 0 Å². The normalized spacial score (nSPS) is 10.2. The van der Waals surface area contributed by atoms with Crippen LogP contribution in [0.3, 0.4) is 0 Å². The molecule has 0 aliphatic carbocycles. The van der Waals surface area contributed by atoms with Crippen molar-refractivity contribution in [1.82, 2.24) is 0 Å². The van der Waals surface area contributed by atoms with Gasteiger partial charge in [0.15, 0.2) is 0 Å². The van der Waals surface area contributed by atoms with Crippen molar-refractivity contribution in [2.24, 2.45) is 5.73 Å². The first-order chi connectivity index (χ1) is 9.58. The first kappa shape index (κ1) is 14.3. The SMILES string of the molecule is Cc1cccc(C(N)=S)c1NCCc1ccc(O)cc1. The van der Waals surface area contributed by atoms with E-state index in [-0.39, 0.29) is 5.75 Å². The molecule has 0 atom stereocenters. The van der Waals surface area contributed by atoms with Gasteiger partial charge in [0.1, 0.15) is 10.7 Å². The molecule has 4 heteroatoms. The van der Waals surface area contributed by atoms with Crippen LogP contribution in [0.4, 0.5) is 5.69 Å². The summed E-state index contributed by atoms with van der Waals surface area (Å²) in [5, 5.41) is 12.6. The van der Waals surface area contributed by atoms with Crippen LogP contribution in [0.15, 0.2) is 42.5 Å². The molecular weight excluding hydrogens is 268 g/mol. The molecule has 2 aromatic rings. The minimum Gasteiger partial charge on any atom is -0.508 e. The molecule has 104 valence electrons. The summed E-state index contributed by atoms with van der Waals surface area (Å²) in [6.07, 6.45) is 0.866. The van der Waals surface area contributed by atoms with E-state index in [0.717, 1.165) is 29.8 Å². The van der Waals surface area contributed by atoms with Gasteiger partial charge in [0.2, 0.25) is 0 Å². The zero-order chi connectivity index (χ0) is 14.5. The molecule has 3 nitrogen and oxygen atoms in total. The van der Waals surface area contributed by atoms with Gasteiger partial charge in [-0.15, -0.1) is 0 Å². The van der Waals surface area contributed by atoms with Gasteiger partial charge in [-0.3, -0.25) is 0 Å². The molecule has 0 spiro atoms. The number of nitrogens with two attached hydrogens (primary N) is 1. The van der Waals surface area contributed by atoms with Gasteiger partial charge in [-0.05, 0) is 42.7 Å². The predicted octanol–water partition coefficient (Wildman–Crippen LogP) is 2.99. The third-order valence-electron chi connectivity index (χ3n) is 3.19. The van der Waals surface area contributed by atoms with Gasteiger partial charge in [-0.25, -0.2) is 0 Å². The summed E-state index contributed by atoms with van der Waals surface area (Å²) in [5.74, 6) is 0.288. The molecular formula is C16H18N2OS. The van der Waals surface area contributed by atoms with Gasteiger partial charge in [0.25, 0.3) is 0 Å². The average Bonchev–Trinajstić information content (AvgIpc) is 2.42. The second kappa shape index (κ2) is 6.39. The second-order valence-corrected chi connectivity index (χ2v) is 5.14. The predicted molar refractivity (Wildman–Crippen MR) is 87.4 cm³/mol. The lowest BCUT2D eigenvalue weighted by atomic mass is 10.1. The molecule has 0 aliphatic heterocycles. The Balaban J connectivity index is 2.04. The van der Waals surface area contributed by atoms with E-state index < -0.39 is 0 Å². The first-order valence-electron chi connectivity index (χ1n) is 6.49. The quantitative estimate of drug-likeness (QED) is 0.740. The largest absolute Gasteiger partial charge is 0.508 e. The van der Waals surface area contributed by atoms with Crippen LogP contribution in [0, 0.1) is 6.92 Å². The number of hydrogen-bond acceptors (Lipinski definition) is 3. The molecule has 2 aromatic carbocycles. The fourth-order valence-corrected chi connectivity index (χ4v) is 2.27. The highest BCUT2D eigenvalue weighted by atomic mass is 32.1. The van der Waals surface area contributed by atoms with Crippen molar-refractivity contribution < 1.29 is 5.11 Å². The van der Waals surface area contributed by atoms with Crippen molar-refractivity contribution in [2.75, 3.05) is 11.9 Å². The minimum atomic E-state index is 0.288. The Labute approximate surface area is 124 Å². The summed E-state index contributed by atoms with van der Waals surface area (Å²) in [6.45, 7) is 2.82. The molecule has 0 radical (unpaired) electrons. The number of benzene rings is 2. The lowest BCUT2D eigenvalue weighted by Crippen LogP contribution is -2.15. The van der Waals surface area contributed by atoms with Gasteiger partial charge in [-0.2, -0.15) is 0 Å². The lowest BCUT2D eigenvalue weighted by molar-refractivity contribution is 0.475. The zero-order valence-corrected chi connectivity index (χ0v) is 12.2. The van der Waals surface area contributed by atoms with E-state index in [1.165, 1.54) is 5.56 Å². The number of aromatic hydroxyl groups is 1. The Kier molecular flexibility index (Phi) is 4.58. The third kappa shape index (κ3) is 3.48. The highest BCUT2D eigenvalue weighted by Crippen LogP contribution is 2.20. The second-order valence-electron chi connectivity index (χ2n) is 4.70. The highest BCUT2D eigenvalue weighted by Gasteiger charge is 2.07. The fourth-order valence-electron chi connectivity index (χ4n) is 2.10.